The third-order valence-electron chi connectivity index (χ3n) is 4.92. The van der Waals surface area contributed by atoms with E-state index in [1.54, 1.807) is 20.3 Å². The Hall–Kier alpha value is -2.86. The van der Waals surface area contributed by atoms with Crippen molar-refractivity contribution >= 4 is 28.4 Å². The Labute approximate surface area is 167 Å². The minimum absolute atomic E-state index is 0.124. The normalized spacial score (nSPS) is 12.5. The number of methoxy groups -OCH3 is 2. The van der Waals surface area contributed by atoms with Gasteiger partial charge >= 0.3 is 0 Å². The van der Waals surface area contributed by atoms with Crippen LogP contribution in [0.4, 0.5) is 0 Å². The average Bonchev–Trinajstić information content (AvgIpc) is 3.12. The third kappa shape index (κ3) is 3.24. The molecule has 0 spiro atoms. The molecule has 0 fully saturated rings. The van der Waals surface area contributed by atoms with Crippen LogP contribution in [-0.4, -0.2) is 37.8 Å². The van der Waals surface area contributed by atoms with Crippen LogP contribution in [0.2, 0.25) is 5.02 Å². The van der Waals surface area contributed by atoms with Crippen LogP contribution in [0.5, 0.6) is 17.2 Å². The van der Waals surface area contributed by atoms with Gasteiger partial charge in [-0.1, -0.05) is 17.7 Å². The largest absolute Gasteiger partial charge is 0.493 e. The second-order valence-electron chi connectivity index (χ2n) is 6.53. The molecule has 0 radical (unpaired) electrons. The lowest BCUT2D eigenvalue weighted by Crippen LogP contribution is -2.29. The van der Waals surface area contributed by atoms with Gasteiger partial charge in [-0.2, -0.15) is 0 Å². The van der Waals surface area contributed by atoms with Gasteiger partial charge in [0.05, 0.1) is 31.3 Å². The molecule has 2 aromatic carbocycles. The summed E-state index contributed by atoms with van der Waals surface area (Å²) in [5, 5.41) is 4.45. The first-order chi connectivity index (χ1) is 13.6. The highest BCUT2D eigenvalue weighted by Gasteiger charge is 2.22. The van der Waals surface area contributed by atoms with E-state index in [0.717, 1.165) is 22.2 Å². The molecule has 0 saturated carbocycles. The summed E-state index contributed by atoms with van der Waals surface area (Å²) >= 11 is 6.32. The van der Waals surface area contributed by atoms with Gasteiger partial charge in [-0.15, -0.1) is 0 Å². The average molecular weight is 401 g/mol. The lowest BCUT2D eigenvalue weighted by molar-refractivity contribution is 0.0943. The maximum Gasteiger partial charge on any atom is 0.267 e. The van der Waals surface area contributed by atoms with Gasteiger partial charge in [0.15, 0.2) is 11.5 Å². The van der Waals surface area contributed by atoms with Crippen LogP contribution < -0.4 is 19.5 Å². The van der Waals surface area contributed by atoms with Crippen molar-refractivity contribution in [2.24, 2.45) is 0 Å². The first-order valence-corrected chi connectivity index (χ1v) is 9.44. The number of benzene rings is 2. The summed E-state index contributed by atoms with van der Waals surface area (Å²) < 4.78 is 18.2. The van der Waals surface area contributed by atoms with Gasteiger partial charge in [-0.3, -0.25) is 4.79 Å². The number of ether oxygens (including phenoxy) is 3. The molecule has 146 valence electrons. The zero-order valence-corrected chi connectivity index (χ0v) is 16.5. The van der Waals surface area contributed by atoms with E-state index in [-0.39, 0.29) is 5.91 Å². The fourth-order valence-electron chi connectivity index (χ4n) is 3.55. The number of aromatic nitrogens is 1. The Morgan fingerprint density at radius 3 is 2.79 bits per heavy atom. The van der Waals surface area contributed by atoms with Crippen molar-refractivity contribution in [3.63, 3.8) is 0 Å². The zero-order valence-electron chi connectivity index (χ0n) is 15.8. The van der Waals surface area contributed by atoms with Crippen LogP contribution in [-0.2, 0) is 13.0 Å². The lowest BCUT2D eigenvalue weighted by atomic mass is 10.1. The van der Waals surface area contributed by atoms with Gasteiger partial charge in [-0.25, -0.2) is 0 Å². The van der Waals surface area contributed by atoms with Gasteiger partial charge < -0.3 is 24.1 Å². The van der Waals surface area contributed by atoms with Crippen LogP contribution in [0, 0.1) is 0 Å². The van der Waals surface area contributed by atoms with Gasteiger partial charge in [0.25, 0.3) is 5.91 Å². The molecule has 3 aromatic rings. The van der Waals surface area contributed by atoms with Gasteiger partial charge in [0, 0.05) is 11.9 Å². The van der Waals surface area contributed by atoms with E-state index < -0.39 is 0 Å². The smallest absolute Gasteiger partial charge is 0.267 e. The van der Waals surface area contributed by atoms with Crippen molar-refractivity contribution in [3.05, 3.63) is 52.7 Å². The molecule has 4 rings (SSSR count). The number of halogens is 1. The SMILES string of the molecule is COc1ccc(CCNC(=O)c2cc3c(Cl)ccc4c3n2CCO4)cc1OC. The molecule has 1 aromatic heterocycles. The summed E-state index contributed by atoms with van der Waals surface area (Å²) in [7, 11) is 3.21. The predicted molar refractivity (Wildman–Crippen MR) is 108 cm³/mol. The highest BCUT2D eigenvalue weighted by atomic mass is 35.5. The fourth-order valence-corrected chi connectivity index (χ4v) is 3.75. The van der Waals surface area contributed by atoms with Crippen LogP contribution in [0.1, 0.15) is 16.1 Å². The number of carbonyl (C=O) groups excluding carboxylic acids is 1. The van der Waals surface area contributed by atoms with Gasteiger partial charge in [0.1, 0.15) is 18.1 Å². The molecule has 1 amide bonds. The molecular formula is C21H21ClN2O4. The summed E-state index contributed by atoms with van der Waals surface area (Å²) in [6.07, 6.45) is 0.682. The topological polar surface area (TPSA) is 61.7 Å². The van der Waals surface area contributed by atoms with Gasteiger partial charge in [-0.05, 0) is 42.3 Å². The lowest BCUT2D eigenvalue weighted by Gasteiger charge is -2.19. The number of carbonyl (C=O) groups is 1. The van der Waals surface area contributed by atoms with Crippen LogP contribution in [0.15, 0.2) is 36.4 Å². The molecular weight excluding hydrogens is 380 g/mol. The summed E-state index contributed by atoms with van der Waals surface area (Å²) in [6, 6.07) is 11.2. The highest BCUT2D eigenvalue weighted by Crippen LogP contribution is 2.36. The standard InChI is InChI=1S/C21H21ClN2O4/c1-26-17-5-3-13(11-19(17)27-2)7-8-23-21(25)16-12-14-15(22)4-6-18-20(14)24(16)9-10-28-18/h3-6,11-12H,7-10H2,1-2H3,(H,23,25). The monoisotopic (exact) mass is 400 g/mol. The first-order valence-electron chi connectivity index (χ1n) is 9.06. The summed E-state index contributed by atoms with van der Waals surface area (Å²) in [6.45, 7) is 1.66. The van der Waals surface area contributed by atoms with Crippen LogP contribution in [0.25, 0.3) is 10.9 Å². The third-order valence-corrected chi connectivity index (χ3v) is 5.25. The Kier molecular flexibility index (Phi) is 5.05. The van der Waals surface area contributed by atoms with Crippen LogP contribution >= 0.6 is 11.6 Å². The molecule has 7 heteroatoms. The molecule has 0 aliphatic carbocycles. The molecule has 6 nitrogen and oxygen atoms in total. The molecule has 28 heavy (non-hydrogen) atoms. The van der Waals surface area contributed by atoms with E-state index >= 15 is 0 Å². The van der Waals surface area contributed by atoms with Crippen molar-refractivity contribution in [1.29, 1.82) is 0 Å². The maximum absolute atomic E-state index is 12.8. The predicted octanol–water partition coefficient (Wildman–Crippen LogP) is 3.68. The fraction of sp³-hybridized carbons (Fsp3) is 0.286. The van der Waals surface area contributed by atoms with E-state index in [1.807, 2.05) is 34.9 Å². The van der Waals surface area contributed by atoms with Crippen molar-refractivity contribution in [1.82, 2.24) is 9.88 Å². The second-order valence-corrected chi connectivity index (χ2v) is 6.94. The number of hydrogen-bond acceptors (Lipinski definition) is 4. The van der Waals surface area contributed by atoms with E-state index in [2.05, 4.69) is 5.32 Å². The minimum atomic E-state index is -0.124. The Morgan fingerprint density at radius 1 is 1.18 bits per heavy atom. The van der Waals surface area contributed by atoms with E-state index in [0.29, 0.717) is 48.3 Å². The molecule has 0 bridgehead atoms. The number of nitrogens with zero attached hydrogens (tertiary/aromatic N) is 1. The number of nitrogens with one attached hydrogen (secondary N) is 1. The summed E-state index contributed by atoms with van der Waals surface area (Å²) in [5.74, 6) is 2.00. The molecule has 0 atom stereocenters. The Bertz CT molecular complexity index is 1040. The van der Waals surface area contributed by atoms with Crippen LogP contribution in [0.3, 0.4) is 0 Å². The van der Waals surface area contributed by atoms with Crippen molar-refractivity contribution in [3.8, 4) is 17.2 Å². The van der Waals surface area contributed by atoms with E-state index in [4.69, 9.17) is 25.8 Å². The number of hydrogen-bond donors (Lipinski definition) is 1. The molecule has 1 aliphatic heterocycles. The second kappa shape index (κ2) is 7.64. The molecule has 0 unspecified atom stereocenters. The van der Waals surface area contributed by atoms with Crippen molar-refractivity contribution < 1.29 is 19.0 Å². The Morgan fingerprint density at radius 2 is 2.00 bits per heavy atom. The van der Waals surface area contributed by atoms with E-state index in [9.17, 15) is 4.79 Å². The van der Waals surface area contributed by atoms with E-state index in [1.165, 1.54) is 0 Å². The van der Waals surface area contributed by atoms with Crippen molar-refractivity contribution in [2.75, 3.05) is 27.4 Å². The van der Waals surface area contributed by atoms with Crippen molar-refractivity contribution in [2.45, 2.75) is 13.0 Å². The number of amides is 1. The molecule has 0 saturated heterocycles. The van der Waals surface area contributed by atoms with Gasteiger partial charge in [0.2, 0.25) is 0 Å². The quantitative estimate of drug-likeness (QED) is 0.685. The summed E-state index contributed by atoms with van der Waals surface area (Å²) in [5.41, 5.74) is 2.53. The molecule has 2 heterocycles. The molecule has 1 N–H and O–H groups in total. The Balaban J connectivity index is 1.49. The highest BCUT2D eigenvalue weighted by molar-refractivity contribution is 6.36. The maximum atomic E-state index is 12.8. The minimum Gasteiger partial charge on any atom is -0.493 e. The first kappa shape index (κ1) is 18.5. The summed E-state index contributed by atoms with van der Waals surface area (Å²) in [4.78, 5) is 12.8. The number of rotatable bonds is 6. The zero-order chi connectivity index (χ0) is 19.7. The molecule has 1 aliphatic rings.